The maximum absolute atomic E-state index is 11.5. The van der Waals surface area contributed by atoms with Crippen LogP contribution in [-0.4, -0.2) is 11.9 Å². The molecule has 0 saturated heterocycles. The summed E-state index contributed by atoms with van der Waals surface area (Å²) in [6.45, 7) is 7.77. The molecule has 0 atom stereocenters. The summed E-state index contributed by atoms with van der Waals surface area (Å²) in [6, 6.07) is 5.39. The summed E-state index contributed by atoms with van der Waals surface area (Å²) in [4.78, 5) is 22.9. The zero-order valence-corrected chi connectivity index (χ0v) is 13.3. The van der Waals surface area contributed by atoms with Crippen molar-refractivity contribution in [2.75, 3.05) is 0 Å². The van der Waals surface area contributed by atoms with Crippen molar-refractivity contribution in [1.82, 2.24) is 0 Å². The molecule has 0 aliphatic heterocycles. The van der Waals surface area contributed by atoms with Crippen LogP contribution in [0.25, 0.3) is 0 Å². The van der Waals surface area contributed by atoms with Crippen molar-refractivity contribution in [3.8, 4) is 11.5 Å². The summed E-state index contributed by atoms with van der Waals surface area (Å²) in [5, 5.41) is 0. The van der Waals surface area contributed by atoms with Gasteiger partial charge in [-0.2, -0.15) is 0 Å². The number of carbonyl (C=O) groups excluding carboxylic acids is 2. The van der Waals surface area contributed by atoms with Crippen molar-refractivity contribution in [1.29, 1.82) is 0 Å². The fourth-order valence-electron chi connectivity index (χ4n) is 1.72. The molecule has 4 heteroatoms. The number of esters is 2. The normalized spacial score (nSPS) is 10.5. The number of hydrogen-bond donors (Lipinski definition) is 0. The Balaban J connectivity index is 2.95. The maximum Gasteiger partial charge on any atom is 0.311 e. The van der Waals surface area contributed by atoms with Gasteiger partial charge in [0.05, 0.1) is 0 Å². The van der Waals surface area contributed by atoms with Crippen LogP contribution in [0.4, 0.5) is 0 Å². The Hall–Kier alpha value is -1.84. The molecule has 4 nitrogen and oxygen atoms in total. The predicted molar refractivity (Wildman–Crippen MR) is 81.5 cm³/mol. The first-order valence-electron chi connectivity index (χ1n) is 7.50. The summed E-state index contributed by atoms with van der Waals surface area (Å²) in [7, 11) is 0. The molecule has 0 amide bonds. The number of ether oxygens (including phenoxy) is 2. The van der Waals surface area contributed by atoms with Crippen molar-refractivity contribution in [3.05, 3.63) is 23.8 Å². The Morgan fingerprint density at radius 3 is 2.10 bits per heavy atom. The Labute approximate surface area is 126 Å². The highest BCUT2D eigenvalue weighted by Gasteiger charge is 2.13. The van der Waals surface area contributed by atoms with Gasteiger partial charge in [0.25, 0.3) is 0 Å². The van der Waals surface area contributed by atoms with Gasteiger partial charge in [-0.1, -0.05) is 33.8 Å². The maximum atomic E-state index is 11.5. The summed E-state index contributed by atoms with van der Waals surface area (Å²) in [6.07, 6.45) is 2.50. The van der Waals surface area contributed by atoms with E-state index in [1.165, 1.54) is 0 Å². The quantitative estimate of drug-likeness (QED) is 0.565. The summed E-state index contributed by atoms with van der Waals surface area (Å²) < 4.78 is 10.5. The minimum atomic E-state index is -0.348. The molecule has 0 aliphatic rings. The van der Waals surface area contributed by atoms with Gasteiger partial charge in [-0.15, -0.1) is 0 Å². The first-order chi connectivity index (χ1) is 9.96. The van der Waals surface area contributed by atoms with Crippen molar-refractivity contribution in [3.63, 3.8) is 0 Å². The van der Waals surface area contributed by atoms with Crippen LogP contribution < -0.4 is 9.47 Å². The summed E-state index contributed by atoms with van der Waals surface area (Å²) in [5.74, 6) is 0.537. The molecule has 21 heavy (non-hydrogen) atoms. The molecule has 1 aromatic carbocycles. The van der Waals surface area contributed by atoms with Crippen molar-refractivity contribution < 1.29 is 19.1 Å². The number of carbonyl (C=O) groups is 2. The highest BCUT2D eigenvalue weighted by Crippen LogP contribution is 2.30. The van der Waals surface area contributed by atoms with Crippen LogP contribution in [0.2, 0.25) is 0 Å². The molecule has 0 fully saturated rings. The molecule has 0 heterocycles. The van der Waals surface area contributed by atoms with Crippen molar-refractivity contribution in [2.24, 2.45) is 5.92 Å². The second-order valence-corrected chi connectivity index (χ2v) is 5.37. The van der Waals surface area contributed by atoms with Gasteiger partial charge in [-0.25, -0.2) is 0 Å². The SMILES string of the molecule is CCC(=O)Oc1ccc(CCC(C)C)cc1OC(=O)CC. The molecule has 0 spiro atoms. The van der Waals surface area contributed by atoms with E-state index in [-0.39, 0.29) is 24.8 Å². The highest BCUT2D eigenvalue weighted by molar-refractivity contribution is 5.76. The van der Waals surface area contributed by atoms with Gasteiger partial charge in [-0.05, 0) is 36.5 Å². The van der Waals surface area contributed by atoms with Crippen LogP contribution in [0.5, 0.6) is 11.5 Å². The van der Waals surface area contributed by atoms with E-state index < -0.39 is 0 Å². The largest absolute Gasteiger partial charge is 0.423 e. The number of hydrogen-bond acceptors (Lipinski definition) is 4. The van der Waals surface area contributed by atoms with Gasteiger partial charge < -0.3 is 9.47 Å². The lowest BCUT2D eigenvalue weighted by Crippen LogP contribution is -2.11. The van der Waals surface area contributed by atoms with Crippen LogP contribution in [0.15, 0.2) is 18.2 Å². The molecule has 0 aromatic heterocycles. The Kier molecular flexibility index (Phi) is 6.92. The second kappa shape index (κ2) is 8.45. The van der Waals surface area contributed by atoms with E-state index in [1.54, 1.807) is 26.0 Å². The zero-order chi connectivity index (χ0) is 15.8. The summed E-state index contributed by atoms with van der Waals surface area (Å²) in [5.41, 5.74) is 1.07. The first-order valence-corrected chi connectivity index (χ1v) is 7.50. The molecule has 0 unspecified atom stereocenters. The summed E-state index contributed by atoms with van der Waals surface area (Å²) >= 11 is 0. The number of rotatable bonds is 7. The molecule has 0 N–H and O–H groups in total. The van der Waals surface area contributed by atoms with E-state index in [9.17, 15) is 9.59 Å². The molecular weight excluding hydrogens is 268 g/mol. The molecule has 0 radical (unpaired) electrons. The van der Waals surface area contributed by atoms with Gasteiger partial charge in [0.15, 0.2) is 11.5 Å². The standard InChI is InChI=1S/C17H24O4/c1-5-16(18)20-14-10-9-13(8-7-12(3)4)11-15(14)21-17(19)6-2/h9-12H,5-8H2,1-4H3. The molecule has 1 aromatic rings. The fraction of sp³-hybridized carbons (Fsp3) is 0.529. The van der Waals surface area contributed by atoms with Crippen LogP contribution in [0.3, 0.4) is 0 Å². The Bertz CT molecular complexity index is 492. The second-order valence-electron chi connectivity index (χ2n) is 5.37. The first kappa shape index (κ1) is 17.2. The van der Waals surface area contributed by atoms with Crippen LogP contribution in [0.1, 0.15) is 52.5 Å². The number of aryl methyl sites for hydroxylation is 1. The fourth-order valence-corrected chi connectivity index (χ4v) is 1.72. The van der Waals surface area contributed by atoms with Gasteiger partial charge in [0.2, 0.25) is 0 Å². The zero-order valence-electron chi connectivity index (χ0n) is 13.3. The lowest BCUT2D eigenvalue weighted by atomic mass is 10.0. The van der Waals surface area contributed by atoms with Gasteiger partial charge in [-0.3, -0.25) is 9.59 Å². The van der Waals surface area contributed by atoms with E-state index in [2.05, 4.69) is 13.8 Å². The third-order valence-electron chi connectivity index (χ3n) is 3.04. The van der Waals surface area contributed by atoms with Gasteiger partial charge >= 0.3 is 11.9 Å². The molecule has 0 bridgehead atoms. The minimum absolute atomic E-state index is 0.274. The lowest BCUT2D eigenvalue weighted by molar-refractivity contribution is -0.136. The van der Waals surface area contributed by atoms with E-state index in [4.69, 9.17) is 9.47 Å². The predicted octanol–water partition coefficient (Wildman–Crippen LogP) is 3.91. The smallest absolute Gasteiger partial charge is 0.311 e. The van der Waals surface area contributed by atoms with E-state index in [1.807, 2.05) is 6.07 Å². The third-order valence-corrected chi connectivity index (χ3v) is 3.04. The van der Waals surface area contributed by atoms with Crippen LogP contribution in [-0.2, 0) is 16.0 Å². The van der Waals surface area contributed by atoms with E-state index in [0.717, 1.165) is 18.4 Å². The molecular formula is C17H24O4. The van der Waals surface area contributed by atoms with E-state index in [0.29, 0.717) is 17.4 Å². The van der Waals surface area contributed by atoms with Gasteiger partial charge in [0.1, 0.15) is 0 Å². The molecule has 0 saturated carbocycles. The highest BCUT2D eigenvalue weighted by atomic mass is 16.6. The minimum Gasteiger partial charge on any atom is -0.423 e. The average Bonchev–Trinajstić information content (AvgIpc) is 2.46. The monoisotopic (exact) mass is 292 g/mol. The van der Waals surface area contributed by atoms with Crippen LogP contribution >= 0.6 is 0 Å². The molecule has 116 valence electrons. The van der Waals surface area contributed by atoms with Gasteiger partial charge in [0, 0.05) is 12.8 Å². The Morgan fingerprint density at radius 2 is 1.57 bits per heavy atom. The van der Waals surface area contributed by atoms with Crippen LogP contribution in [0, 0.1) is 5.92 Å². The van der Waals surface area contributed by atoms with Crippen molar-refractivity contribution >= 4 is 11.9 Å². The third kappa shape index (κ3) is 5.98. The lowest BCUT2D eigenvalue weighted by Gasteiger charge is -2.12. The topological polar surface area (TPSA) is 52.6 Å². The Morgan fingerprint density at radius 1 is 1.00 bits per heavy atom. The van der Waals surface area contributed by atoms with E-state index >= 15 is 0 Å². The molecule has 0 aliphatic carbocycles. The number of benzene rings is 1. The molecule has 1 rings (SSSR count). The van der Waals surface area contributed by atoms with Crippen molar-refractivity contribution in [2.45, 2.75) is 53.4 Å². The average molecular weight is 292 g/mol.